The number of hydrogen-bond donors (Lipinski definition) is 1. The van der Waals surface area contributed by atoms with Gasteiger partial charge in [-0.1, -0.05) is 0 Å². The second-order valence-electron chi connectivity index (χ2n) is 1.53. The van der Waals surface area contributed by atoms with Gasteiger partial charge in [0.1, 0.15) is 0 Å². The number of aliphatic imine (C=N–C) groups is 1. The first kappa shape index (κ1) is 70.3. The molecule has 0 atom stereocenters. The van der Waals surface area contributed by atoms with Crippen molar-refractivity contribution in [2.45, 2.75) is 6.92 Å². The van der Waals surface area contributed by atoms with Crippen molar-refractivity contribution in [1.29, 1.82) is 0 Å². The van der Waals surface area contributed by atoms with Gasteiger partial charge in [-0.2, -0.15) is 0 Å². The van der Waals surface area contributed by atoms with Crippen LogP contribution in [-0.4, -0.2) is 22.2 Å². The van der Waals surface area contributed by atoms with Crippen LogP contribution in [0.15, 0.2) is 4.99 Å². The summed E-state index contributed by atoms with van der Waals surface area (Å²) in [6.45, 7) is 37.9. The van der Waals surface area contributed by atoms with Gasteiger partial charge in [0.05, 0.1) is 6.61 Å². The Hall–Kier alpha value is -1.29. The van der Waals surface area contributed by atoms with Crippen LogP contribution < -0.4 is 5.32 Å². The molecule has 0 aliphatic rings. The van der Waals surface area contributed by atoms with Crippen LogP contribution in [0.5, 0.6) is 0 Å². The molecule has 0 saturated carbocycles. The van der Waals surface area contributed by atoms with Gasteiger partial charge < -0.3 is 42.2 Å². The molecule has 0 aliphatic heterocycles. The van der Waals surface area contributed by atoms with E-state index >= 15 is 0 Å². The van der Waals surface area contributed by atoms with Crippen molar-refractivity contribution in [3.05, 3.63) is 53.2 Å². The van der Waals surface area contributed by atoms with Crippen molar-refractivity contribution in [1.82, 2.24) is 5.32 Å². The number of carbonyl (C=O) groups excluding carboxylic acids is 1. The van der Waals surface area contributed by atoms with Crippen LogP contribution in [0.2, 0.25) is 0 Å². The Labute approximate surface area is 216 Å². The second-order valence-corrected chi connectivity index (χ2v) is 2.95. The smallest absolute Gasteiger partial charge is 0 e. The average Bonchev–Trinajstić information content (AvgIpc) is 2.79. The molecule has 2 radical (unpaired) electrons. The van der Waals surface area contributed by atoms with Crippen LogP contribution >= 0.6 is 12.2 Å². The Kier molecular flexibility index (Phi) is 338. The molecule has 17 heteroatoms. The molecule has 12 nitrogen and oxygen atoms in total. The van der Waals surface area contributed by atoms with E-state index in [1.165, 1.54) is 0 Å². The van der Waals surface area contributed by atoms with E-state index in [0.717, 1.165) is 0 Å². The minimum Gasteiger partial charge on any atom is 0 e. The first-order valence-electron chi connectivity index (χ1n) is 4.60. The number of hydrogen-bond acceptors (Lipinski definition) is 5. The van der Waals surface area contributed by atoms with Crippen molar-refractivity contribution >= 4 is 53.1 Å². The molecule has 0 saturated heterocycles. The fourth-order valence-electron chi connectivity index (χ4n) is 0.365. The summed E-state index contributed by atoms with van der Waals surface area (Å²) in [5, 5.41) is 2.09. The third kappa shape index (κ3) is 187. The molecule has 0 aromatic heterocycles. The maximum atomic E-state index is 10.7. The maximum Gasteiger partial charge on any atom is 0 e. The Morgan fingerprint density at radius 2 is 1.03 bits per heavy atom. The molecule has 1 N–H and O–H groups in total. The van der Waals surface area contributed by atoms with Crippen molar-refractivity contribution in [2.75, 3.05) is 6.61 Å². The van der Waals surface area contributed by atoms with Crippen LogP contribution in [0.1, 0.15) is 6.92 Å². The number of amidine groups is 1. The fraction of sp³-hybridized carbons (Fsp3) is 0.154. The molecule has 0 spiro atoms. The number of amides is 1. The van der Waals surface area contributed by atoms with E-state index < -0.39 is 6.09 Å². The van der Waals surface area contributed by atoms with Gasteiger partial charge in [0.25, 0.3) is 0 Å². The maximum absolute atomic E-state index is 10.7. The number of carbonyl (C=O) groups is 1. The summed E-state index contributed by atoms with van der Waals surface area (Å²) in [4.78, 5) is 14.1. The number of nitrogens with zero attached hydrogens (tertiary/aromatic N) is 1. The molecule has 0 fully saturated rings. The summed E-state index contributed by atoms with van der Waals surface area (Å²) < 4.78 is 64.5. The molecule has 0 heterocycles. The standard InChI is InChI=1S/C5H8N2O2S3.8CO.2Re/c1-2-9-4(8)6-3(10)7-5(11)12;8*1-2;;/h2H2,1H3,(H3,6,7,8,10,11,12);;;;;;;;;;/p-2. The molecule has 0 aromatic rings. The normalized spacial score (nSPS) is 4.77. The molecular weight excluding hydrogens is 813 g/mol. The Bertz CT molecular complexity index is 455. The van der Waals surface area contributed by atoms with Crippen LogP contribution in [0, 0.1) is 53.2 Å². The average molecular weight is 819 g/mol. The molecule has 0 rings (SSSR count). The summed E-state index contributed by atoms with van der Waals surface area (Å²) in [6.07, 6.45) is -0.655. The molecule has 1 amide bonds. The van der Waals surface area contributed by atoms with E-state index in [0.29, 0.717) is 0 Å². The Morgan fingerprint density at radius 1 is 0.800 bits per heavy atom. The first-order chi connectivity index (χ1) is 13.6. The monoisotopic (exact) mass is 820 g/mol. The molecule has 30 heavy (non-hydrogen) atoms. The zero-order chi connectivity index (χ0) is 25.6. The van der Waals surface area contributed by atoms with E-state index in [4.69, 9.17) is 37.2 Å². The largest absolute Gasteiger partial charge is 0 e. The van der Waals surface area contributed by atoms with Crippen LogP contribution in [-0.2, 0) is 108 Å². The van der Waals surface area contributed by atoms with E-state index in [9.17, 15) is 4.79 Å². The predicted octanol–water partition coefficient (Wildman–Crippen LogP) is 0.162. The zero-order valence-electron chi connectivity index (χ0n) is 14.2. The summed E-state index contributed by atoms with van der Waals surface area (Å²) in [5.74, 6) is 0. The second kappa shape index (κ2) is 144. The third-order valence-electron chi connectivity index (χ3n) is 0.677. The molecular formula is C13H6N2O10Re2S3-2. The van der Waals surface area contributed by atoms with Gasteiger partial charge in [0.15, 0.2) is 0 Å². The molecule has 0 bridgehead atoms. The first-order valence-corrected chi connectivity index (χ1v) is 5.82. The molecule has 162 valence electrons. The van der Waals surface area contributed by atoms with Crippen LogP contribution in [0.4, 0.5) is 4.79 Å². The minimum absolute atomic E-state index is 0. The van der Waals surface area contributed by atoms with E-state index in [1.807, 2.05) is 0 Å². The summed E-state index contributed by atoms with van der Waals surface area (Å²) in [5.41, 5.74) is 0. The fourth-order valence-corrected chi connectivity index (χ4v) is 0.838. The number of rotatable bonds is 1. The molecule has 0 aliphatic carbocycles. The SMILES string of the molecule is CCOC(=O)N/C([S-])=N\C(=S)[S-].[C-]#[O+].[C-]#[O+].[C-]#[O+].[C-]#[O+].[C-]#[O+].[C-]#[O+].[C-]#[O+].[C-]#[O+].[Re].[Re]. The van der Waals surface area contributed by atoms with Gasteiger partial charge >= 0.3 is 96.5 Å². The van der Waals surface area contributed by atoms with Crippen molar-refractivity contribution in [3.8, 4) is 0 Å². The molecule has 0 aromatic carbocycles. The van der Waals surface area contributed by atoms with E-state index in [2.05, 4.69) is 106 Å². The van der Waals surface area contributed by atoms with Gasteiger partial charge in [-0.3, -0.25) is 10.3 Å². The number of nitrogens with one attached hydrogen (secondary N) is 1. The van der Waals surface area contributed by atoms with Gasteiger partial charge in [-0.25, -0.2) is 4.79 Å². The van der Waals surface area contributed by atoms with Crippen molar-refractivity contribution in [2.24, 2.45) is 4.99 Å². The number of ether oxygens (including phenoxy) is 1. The summed E-state index contributed by atoms with van der Waals surface area (Å²) in [6, 6.07) is 0. The van der Waals surface area contributed by atoms with E-state index in [-0.39, 0.29) is 56.9 Å². The van der Waals surface area contributed by atoms with Crippen molar-refractivity contribution in [3.63, 3.8) is 0 Å². The van der Waals surface area contributed by atoms with Crippen LogP contribution in [0.25, 0.3) is 0 Å². The number of alkyl carbamates (subject to hydrolysis) is 1. The number of thiocarbonyl (C=S) groups is 1. The van der Waals surface area contributed by atoms with Gasteiger partial charge in [0, 0.05) is 40.8 Å². The quantitative estimate of drug-likeness (QED) is 0.0977. The van der Waals surface area contributed by atoms with Crippen molar-refractivity contribution < 1.29 is 87.6 Å². The molecule has 0 unspecified atom stereocenters. The Balaban J connectivity index is -0.0000000189. The van der Waals surface area contributed by atoms with E-state index in [1.54, 1.807) is 6.92 Å². The van der Waals surface area contributed by atoms with Gasteiger partial charge in [0.2, 0.25) is 0 Å². The van der Waals surface area contributed by atoms with Gasteiger partial charge in [-0.05, 0) is 16.4 Å². The zero-order valence-corrected chi connectivity index (χ0v) is 22.1. The Morgan fingerprint density at radius 3 is 1.20 bits per heavy atom. The summed E-state index contributed by atoms with van der Waals surface area (Å²) >= 11 is 13.5. The van der Waals surface area contributed by atoms with Crippen LogP contribution in [0.3, 0.4) is 0 Å². The topological polar surface area (TPSA) is 210 Å². The third-order valence-corrected chi connectivity index (χ3v) is 1.05. The predicted molar refractivity (Wildman–Crippen MR) is 86.4 cm³/mol. The van der Waals surface area contributed by atoms with Gasteiger partial charge in [-0.15, -0.1) is 0 Å². The summed E-state index contributed by atoms with van der Waals surface area (Å²) in [7, 11) is 0. The minimum atomic E-state index is -0.655.